The Morgan fingerprint density at radius 3 is 2.70 bits per heavy atom. The van der Waals surface area contributed by atoms with Crippen molar-refractivity contribution < 1.29 is 14.3 Å². The number of rotatable bonds is 7. The van der Waals surface area contributed by atoms with E-state index in [1.807, 2.05) is 54.0 Å². The number of fused-ring (bicyclic) bond motifs is 1. The van der Waals surface area contributed by atoms with Gasteiger partial charge in [0, 0.05) is 25.1 Å². The zero-order valence-electron chi connectivity index (χ0n) is 18.7. The van der Waals surface area contributed by atoms with E-state index in [9.17, 15) is 9.59 Å². The maximum Gasteiger partial charge on any atom is 0.328 e. The average Bonchev–Trinajstić information content (AvgIpc) is 3.24. The number of aromatic nitrogens is 3. The molecule has 1 atom stereocenters. The Morgan fingerprint density at radius 2 is 1.97 bits per heavy atom. The van der Waals surface area contributed by atoms with E-state index in [2.05, 4.69) is 22.8 Å². The molecule has 4 rings (SSSR count). The molecule has 3 aromatic rings. The third-order valence-corrected chi connectivity index (χ3v) is 6.62. The maximum atomic E-state index is 13.2. The second-order valence-corrected chi connectivity index (χ2v) is 8.84. The first-order chi connectivity index (χ1) is 16.0. The lowest BCUT2D eigenvalue weighted by Gasteiger charge is -2.35. The minimum Gasteiger partial charge on any atom is -0.467 e. The Bertz CT molecular complexity index is 1190. The number of carbonyl (C=O) groups is 2. The first-order valence-corrected chi connectivity index (χ1v) is 11.7. The zero-order chi connectivity index (χ0) is 23.4. The van der Waals surface area contributed by atoms with Gasteiger partial charge in [-0.25, -0.2) is 4.79 Å². The number of methoxy groups -OCH3 is 1. The summed E-state index contributed by atoms with van der Waals surface area (Å²) < 4.78 is 6.93. The summed E-state index contributed by atoms with van der Waals surface area (Å²) in [4.78, 5) is 27.3. The third-order valence-electron chi connectivity index (χ3n) is 5.67. The molecular formula is C25H26N4O3S. The van der Waals surface area contributed by atoms with Gasteiger partial charge in [0.15, 0.2) is 11.0 Å². The summed E-state index contributed by atoms with van der Waals surface area (Å²) in [5, 5.41) is 9.33. The highest BCUT2D eigenvalue weighted by molar-refractivity contribution is 7.99. The Hall–Kier alpha value is -3.39. The summed E-state index contributed by atoms with van der Waals surface area (Å²) in [6, 6.07) is 15.3. The smallest absolute Gasteiger partial charge is 0.328 e. The van der Waals surface area contributed by atoms with Crippen LogP contribution in [0, 0.1) is 6.92 Å². The SMILES string of the molecule is C=CCn1c(SCC(=O)N2Cc3ccccc3CC2C(=O)OC)nnc1-c1cccc(C)c1. The molecule has 8 heteroatoms. The van der Waals surface area contributed by atoms with Gasteiger partial charge in [0.1, 0.15) is 6.04 Å². The van der Waals surface area contributed by atoms with Gasteiger partial charge in [-0.05, 0) is 24.1 Å². The number of nitrogens with zero attached hydrogens (tertiary/aromatic N) is 4. The minimum atomic E-state index is -0.633. The number of thioether (sulfide) groups is 1. The molecule has 0 radical (unpaired) electrons. The Morgan fingerprint density at radius 1 is 1.18 bits per heavy atom. The van der Waals surface area contributed by atoms with Crippen molar-refractivity contribution in [3.8, 4) is 11.4 Å². The molecule has 1 amide bonds. The highest BCUT2D eigenvalue weighted by atomic mass is 32.2. The fourth-order valence-electron chi connectivity index (χ4n) is 4.03. The number of benzene rings is 2. The van der Waals surface area contributed by atoms with Crippen LogP contribution in [0.4, 0.5) is 0 Å². The zero-order valence-corrected chi connectivity index (χ0v) is 19.5. The van der Waals surface area contributed by atoms with Crippen LogP contribution in [0.15, 0.2) is 66.3 Å². The molecule has 170 valence electrons. The van der Waals surface area contributed by atoms with Crippen LogP contribution < -0.4 is 0 Å². The van der Waals surface area contributed by atoms with E-state index in [1.54, 1.807) is 11.0 Å². The Balaban J connectivity index is 1.54. The number of aryl methyl sites for hydroxylation is 1. The molecule has 7 nitrogen and oxygen atoms in total. The van der Waals surface area contributed by atoms with Crippen molar-refractivity contribution >= 4 is 23.6 Å². The second kappa shape index (κ2) is 10.0. The van der Waals surface area contributed by atoms with Gasteiger partial charge in [-0.1, -0.05) is 65.9 Å². The van der Waals surface area contributed by atoms with Gasteiger partial charge in [0.25, 0.3) is 0 Å². The van der Waals surface area contributed by atoms with E-state index in [1.165, 1.54) is 18.9 Å². The molecule has 0 spiro atoms. The van der Waals surface area contributed by atoms with Crippen molar-refractivity contribution in [1.82, 2.24) is 19.7 Å². The molecule has 0 saturated heterocycles. The van der Waals surface area contributed by atoms with Crippen molar-refractivity contribution in [2.45, 2.75) is 37.6 Å². The molecule has 0 N–H and O–H groups in total. The van der Waals surface area contributed by atoms with Gasteiger partial charge in [-0.15, -0.1) is 16.8 Å². The van der Waals surface area contributed by atoms with Crippen molar-refractivity contribution in [3.05, 3.63) is 77.9 Å². The van der Waals surface area contributed by atoms with E-state index in [0.717, 1.165) is 28.1 Å². The number of amides is 1. The molecule has 0 saturated carbocycles. The monoisotopic (exact) mass is 462 g/mol. The van der Waals surface area contributed by atoms with Crippen LogP contribution in [0.1, 0.15) is 16.7 Å². The summed E-state index contributed by atoms with van der Waals surface area (Å²) in [6.07, 6.45) is 2.23. The minimum absolute atomic E-state index is 0.138. The average molecular weight is 463 g/mol. The van der Waals surface area contributed by atoms with Crippen LogP contribution in [0.3, 0.4) is 0 Å². The largest absolute Gasteiger partial charge is 0.467 e. The van der Waals surface area contributed by atoms with Crippen LogP contribution >= 0.6 is 11.8 Å². The Kier molecular flexibility index (Phi) is 6.93. The molecule has 0 aliphatic carbocycles. The fraction of sp³-hybridized carbons (Fsp3) is 0.280. The molecule has 2 heterocycles. The van der Waals surface area contributed by atoms with Crippen molar-refractivity contribution in [1.29, 1.82) is 0 Å². The van der Waals surface area contributed by atoms with Crippen molar-refractivity contribution in [3.63, 3.8) is 0 Å². The lowest BCUT2D eigenvalue weighted by molar-refractivity contribution is -0.153. The molecule has 1 aliphatic rings. The third kappa shape index (κ3) is 4.85. The molecule has 33 heavy (non-hydrogen) atoms. The quantitative estimate of drug-likeness (QED) is 0.303. The lowest BCUT2D eigenvalue weighted by atomic mass is 9.94. The standard InChI is InChI=1S/C25H26N4O3S/c1-4-12-28-23(19-11-7-8-17(2)13-19)26-27-25(28)33-16-22(30)29-15-20-10-6-5-9-18(20)14-21(29)24(31)32-3/h4-11,13,21H,1,12,14-16H2,2-3H3. The van der Waals surface area contributed by atoms with E-state index in [0.29, 0.717) is 24.7 Å². The van der Waals surface area contributed by atoms with Crippen LogP contribution in [0.25, 0.3) is 11.4 Å². The summed E-state index contributed by atoms with van der Waals surface area (Å²) in [6.45, 7) is 6.77. The van der Waals surface area contributed by atoms with E-state index in [4.69, 9.17) is 4.74 Å². The molecule has 1 aromatic heterocycles. The number of hydrogen-bond donors (Lipinski definition) is 0. The molecular weight excluding hydrogens is 436 g/mol. The number of carbonyl (C=O) groups excluding carboxylic acids is 2. The first kappa shape index (κ1) is 22.8. The van der Waals surface area contributed by atoms with Crippen LogP contribution in [0.5, 0.6) is 0 Å². The van der Waals surface area contributed by atoms with Gasteiger partial charge in [0.2, 0.25) is 5.91 Å². The van der Waals surface area contributed by atoms with Crippen molar-refractivity contribution in [2.75, 3.05) is 12.9 Å². The predicted octanol–water partition coefficient (Wildman–Crippen LogP) is 3.66. The molecule has 1 unspecified atom stereocenters. The summed E-state index contributed by atoms with van der Waals surface area (Å²) in [5.74, 6) is 0.320. The van der Waals surface area contributed by atoms with Gasteiger partial charge in [-0.2, -0.15) is 0 Å². The number of hydrogen-bond acceptors (Lipinski definition) is 6. The van der Waals surface area contributed by atoms with Crippen molar-refractivity contribution in [2.24, 2.45) is 0 Å². The number of esters is 1. The van der Waals surface area contributed by atoms with Gasteiger partial charge in [-0.3, -0.25) is 9.36 Å². The molecule has 1 aliphatic heterocycles. The molecule has 0 fully saturated rings. The topological polar surface area (TPSA) is 77.3 Å². The van der Waals surface area contributed by atoms with Crippen LogP contribution in [0.2, 0.25) is 0 Å². The van der Waals surface area contributed by atoms with E-state index in [-0.39, 0.29) is 11.7 Å². The predicted molar refractivity (Wildman–Crippen MR) is 128 cm³/mol. The van der Waals surface area contributed by atoms with E-state index >= 15 is 0 Å². The molecule has 2 aromatic carbocycles. The van der Waals surface area contributed by atoms with Crippen LogP contribution in [-0.2, 0) is 33.8 Å². The lowest BCUT2D eigenvalue weighted by Crippen LogP contribution is -2.49. The first-order valence-electron chi connectivity index (χ1n) is 10.7. The highest BCUT2D eigenvalue weighted by Crippen LogP contribution is 2.28. The molecule has 0 bridgehead atoms. The van der Waals surface area contributed by atoms with E-state index < -0.39 is 12.0 Å². The summed E-state index contributed by atoms with van der Waals surface area (Å²) in [5.41, 5.74) is 4.20. The van der Waals surface area contributed by atoms with Gasteiger partial charge < -0.3 is 9.64 Å². The normalized spacial score (nSPS) is 15.1. The van der Waals surface area contributed by atoms with Gasteiger partial charge in [0.05, 0.1) is 12.9 Å². The second-order valence-electron chi connectivity index (χ2n) is 7.90. The highest BCUT2D eigenvalue weighted by Gasteiger charge is 2.35. The van der Waals surface area contributed by atoms with Crippen LogP contribution in [-0.4, -0.2) is 50.4 Å². The number of ether oxygens (including phenoxy) is 1. The van der Waals surface area contributed by atoms with Gasteiger partial charge >= 0.3 is 5.97 Å². The summed E-state index contributed by atoms with van der Waals surface area (Å²) >= 11 is 1.31. The fourth-order valence-corrected chi connectivity index (χ4v) is 4.86. The Labute approximate surface area is 197 Å². The number of allylic oxidation sites excluding steroid dienone is 1. The maximum absolute atomic E-state index is 13.2. The summed E-state index contributed by atoms with van der Waals surface area (Å²) in [7, 11) is 1.35.